The minimum absolute atomic E-state index is 0.777. The van der Waals surface area contributed by atoms with Gasteiger partial charge in [0.2, 0.25) is 0 Å². The summed E-state index contributed by atoms with van der Waals surface area (Å²) in [4.78, 5) is 0. The SMILES string of the molecule is CCCC=CC(C)CCCCC(CCCC)C(C)CCC. The summed E-state index contributed by atoms with van der Waals surface area (Å²) in [6.45, 7) is 11.8. The number of unbranched alkanes of at least 4 members (excludes halogenated alkanes) is 3. The van der Waals surface area contributed by atoms with Crippen LogP contribution in [0.1, 0.15) is 105 Å². The number of hydrogen-bond donors (Lipinski definition) is 0. The van der Waals surface area contributed by atoms with Gasteiger partial charge in [-0.25, -0.2) is 0 Å². The molecule has 0 aliphatic rings. The molecule has 0 saturated heterocycles. The van der Waals surface area contributed by atoms with Crippen LogP contribution >= 0.6 is 0 Å². The molecular formula is C21H42. The molecule has 3 unspecified atom stereocenters. The van der Waals surface area contributed by atoms with Crippen molar-refractivity contribution in [2.45, 2.75) is 105 Å². The number of hydrogen-bond acceptors (Lipinski definition) is 0. The van der Waals surface area contributed by atoms with Gasteiger partial charge in [-0.2, -0.15) is 0 Å². The average molecular weight is 295 g/mol. The van der Waals surface area contributed by atoms with Gasteiger partial charge in [0.1, 0.15) is 0 Å². The van der Waals surface area contributed by atoms with Crippen molar-refractivity contribution in [3.05, 3.63) is 12.2 Å². The Morgan fingerprint density at radius 3 is 2.00 bits per heavy atom. The topological polar surface area (TPSA) is 0 Å². The van der Waals surface area contributed by atoms with Crippen LogP contribution in [0.3, 0.4) is 0 Å². The van der Waals surface area contributed by atoms with Gasteiger partial charge in [0.25, 0.3) is 0 Å². The third-order valence-corrected chi connectivity index (χ3v) is 4.88. The monoisotopic (exact) mass is 294 g/mol. The fraction of sp³-hybridized carbons (Fsp3) is 0.905. The van der Waals surface area contributed by atoms with E-state index in [1.54, 1.807) is 0 Å². The lowest BCUT2D eigenvalue weighted by atomic mass is 9.82. The second-order valence-electron chi connectivity index (χ2n) is 7.15. The van der Waals surface area contributed by atoms with Crippen LogP contribution in [0.25, 0.3) is 0 Å². The Labute approximate surface area is 135 Å². The molecule has 0 radical (unpaired) electrons. The van der Waals surface area contributed by atoms with Crippen molar-refractivity contribution in [1.82, 2.24) is 0 Å². The van der Waals surface area contributed by atoms with Crippen LogP contribution in [0.15, 0.2) is 12.2 Å². The third-order valence-electron chi connectivity index (χ3n) is 4.88. The summed E-state index contributed by atoms with van der Waals surface area (Å²) in [6, 6.07) is 0. The molecule has 0 aromatic carbocycles. The van der Waals surface area contributed by atoms with Crippen LogP contribution in [0.5, 0.6) is 0 Å². The molecule has 0 aliphatic heterocycles. The summed E-state index contributed by atoms with van der Waals surface area (Å²) in [5.41, 5.74) is 0. The summed E-state index contributed by atoms with van der Waals surface area (Å²) in [7, 11) is 0. The fourth-order valence-electron chi connectivity index (χ4n) is 3.33. The molecule has 0 heteroatoms. The van der Waals surface area contributed by atoms with Gasteiger partial charge >= 0.3 is 0 Å². The summed E-state index contributed by atoms with van der Waals surface area (Å²) in [5.74, 6) is 2.69. The Bertz CT molecular complexity index is 228. The van der Waals surface area contributed by atoms with Crippen LogP contribution in [0.2, 0.25) is 0 Å². The predicted molar refractivity (Wildman–Crippen MR) is 98.8 cm³/mol. The highest BCUT2D eigenvalue weighted by Gasteiger charge is 2.15. The van der Waals surface area contributed by atoms with E-state index in [9.17, 15) is 0 Å². The first-order chi connectivity index (χ1) is 10.2. The van der Waals surface area contributed by atoms with E-state index in [0.29, 0.717) is 0 Å². The molecule has 0 amide bonds. The zero-order valence-corrected chi connectivity index (χ0v) is 15.7. The predicted octanol–water partition coefficient (Wildman–Crippen LogP) is 7.78. The third kappa shape index (κ3) is 12.0. The quantitative estimate of drug-likeness (QED) is 0.226. The molecule has 0 saturated carbocycles. The fourth-order valence-corrected chi connectivity index (χ4v) is 3.33. The lowest BCUT2D eigenvalue weighted by Crippen LogP contribution is -2.12. The smallest absolute Gasteiger partial charge is 0.0262 e. The van der Waals surface area contributed by atoms with Gasteiger partial charge in [-0.05, 0) is 30.6 Å². The summed E-state index contributed by atoms with van der Waals surface area (Å²) in [6.07, 6.45) is 20.0. The second-order valence-corrected chi connectivity index (χ2v) is 7.15. The van der Waals surface area contributed by atoms with Crippen molar-refractivity contribution in [2.24, 2.45) is 17.8 Å². The Kier molecular flexibility index (Phi) is 14.5. The van der Waals surface area contributed by atoms with Crippen molar-refractivity contribution >= 4 is 0 Å². The van der Waals surface area contributed by atoms with Gasteiger partial charge in [-0.1, -0.05) is 105 Å². The standard InChI is InChI=1S/C21H42/c1-6-9-11-15-19(4)16-12-13-18-21(17-10-7-2)20(5)14-8-3/h11,15,19-21H,6-10,12-14,16-18H2,1-5H3. The van der Waals surface area contributed by atoms with Crippen LogP contribution in [-0.2, 0) is 0 Å². The van der Waals surface area contributed by atoms with E-state index in [2.05, 4.69) is 46.8 Å². The molecule has 0 spiro atoms. The van der Waals surface area contributed by atoms with Crippen molar-refractivity contribution in [3.8, 4) is 0 Å². The van der Waals surface area contributed by atoms with Crippen molar-refractivity contribution in [1.29, 1.82) is 0 Å². The number of rotatable bonds is 14. The highest BCUT2D eigenvalue weighted by atomic mass is 14.2. The average Bonchev–Trinajstić information content (AvgIpc) is 2.47. The Morgan fingerprint density at radius 2 is 1.38 bits per heavy atom. The highest BCUT2D eigenvalue weighted by molar-refractivity contribution is 4.85. The van der Waals surface area contributed by atoms with Crippen LogP contribution in [-0.4, -0.2) is 0 Å². The summed E-state index contributed by atoms with van der Waals surface area (Å²) >= 11 is 0. The molecule has 0 fully saturated rings. The lowest BCUT2D eigenvalue weighted by molar-refractivity contribution is 0.281. The molecule has 0 bridgehead atoms. The first-order valence-electron chi connectivity index (χ1n) is 9.82. The van der Waals surface area contributed by atoms with Crippen LogP contribution < -0.4 is 0 Å². The molecule has 21 heavy (non-hydrogen) atoms. The maximum Gasteiger partial charge on any atom is -0.0262 e. The van der Waals surface area contributed by atoms with Gasteiger partial charge in [0, 0.05) is 0 Å². The van der Waals surface area contributed by atoms with Crippen molar-refractivity contribution < 1.29 is 0 Å². The van der Waals surface area contributed by atoms with E-state index in [-0.39, 0.29) is 0 Å². The largest absolute Gasteiger partial charge is 0.0883 e. The Balaban J connectivity index is 3.90. The van der Waals surface area contributed by atoms with Crippen molar-refractivity contribution in [2.75, 3.05) is 0 Å². The Hall–Kier alpha value is -0.260. The maximum atomic E-state index is 2.49. The maximum absolute atomic E-state index is 2.49. The van der Waals surface area contributed by atoms with E-state index >= 15 is 0 Å². The highest BCUT2D eigenvalue weighted by Crippen LogP contribution is 2.28. The lowest BCUT2D eigenvalue weighted by Gasteiger charge is -2.24. The van der Waals surface area contributed by atoms with Crippen molar-refractivity contribution in [3.63, 3.8) is 0 Å². The zero-order valence-electron chi connectivity index (χ0n) is 15.7. The first kappa shape index (κ1) is 20.7. The summed E-state index contributed by atoms with van der Waals surface area (Å²) in [5, 5.41) is 0. The minimum atomic E-state index is 0.777. The summed E-state index contributed by atoms with van der Waals surface area (Å²) < 4.78 is 0. The van der Waals surface area contributed by atoms with Gasteiger partial charge in [-0.15, -0.1) is 0 Å². The molecule has 3 atom stereocenters. The minimum Gasteiger partial charge on any atom is -0.0883 e. The molecule has 0 aromatic heterocycles. The van der Waals surface area contributed by atoms with Gasteiger partial charge in [-0.3, -0.25) is 0 Å². The molecule has 0 heterocycles. The van der Waals surface area contributed by atoms with E-state index in [1.807, 2.05) is 0 Å². The first-order valence-corrected chi connectivity index (χ1v) is 9.82. The molecule has 0 aliphatic carbocycles. The molecule has 126 valence electrons. The molecular weight excluding hydrogens is 252 g/mol. The Morgan fingerprint density at radius 1 is 0.714 bits per heavy atom. The molecule has 0 nitrogen and oxygen atoms in total. The van der Waals surface area contributed by atoms with E-state index in [1.165, 1.54) is 70.6 Å². The number of allylic oxidation sites excluding steroid dienone is 2. The van der Waals surface area contributed by atoms with Crippen LogP contribution in [0, 0.1) is 17.8 Å². The van der Waals surface area contributed by atoms with Gasteiger partial charge in [0.05, 0.1) is 0 Å². The van der Waals surface area contributed by atoms with Crippen LogP contribution in [0.4, 0.5) is 0 Å². The normalized spacial score (nSPS) is 16.2. The molecule has 0 N–H and O–H groups in total. The van der Waals surface area contributed by atoms with E-state index < -0.39 is 0 Å². The van der Waals surface area contributed by atoms with Gasteiger partial charge < -0.3 is 0 Å². The second kappa shape index (κ2) is 14.7. The molecule has 0 rings (SSSR count). The van der Waals surface area contributed by atoms with Gasteiger partial charge in [0.15, 0.2) is 0 Å². The van der Waals surface area contributed by atoms with E-state index in [0.717, 1.165) is 17.8 Å². The van der Waals surface area contributed by atoms with E-state index in [4.69, 9.17) is 0 Å². The zero-order chi connectivity index (χ0) is 15.9. The molecule has 0 aromatic rings.